The number of nitrogen functional groups attached to an aromatic ring is 1. The van der Waals surface area contributed by atoms with Crippen LogP contribution in [0.5, 0.6) is 5.88 Å². The monoisotopic (exact) mass is 387 g/mol. The predicted octanol–water partition coefficient (Wildman–Crippen LogP) is 3.68. The molecule has 2 N–H and O–H groups in total. The molecule has 1 aliphatic rings. The number of anilines is 2. The molecule has 146 valence electrons. The minimum atomic E-state index is -0.257. The van der Waals surface area contributed by atoms with Crippen LogP contribution in [0.1, 0.15) is 17.8 Å². The van der Waals surface area contributed by atoms with Crippen LogP contribution in [-0.4, -0.2) is 33.6 Å². The van der Waals surface area contributed by atoms with Crippen molar-refractivity contribution in [1.29, 1.82) is 0 Å². The summed E-state index contributed by atoms with van der Waals surface area (Å²) in [6.07, 6.45) is 3.33. The van der Waals surface area contributed by atoms with Crippen LogP contribution in [0.15, 0.2) is 67.1 Å². The molecule has 5 rings (SSSR count). The molecule has 0 atom stereocenters. The van der Waals surface area contributed by atoms with Crippen LogP contribution in [0.2, 0.25) is 0 Å². The van der Waals surface area contributed by atoms with Crippen LogP contribution in [0, 0.1) is 0 Å². The predicted molar refractivity (Wildman–Crippen MR) is 114 cm³/mol. The average Bonchev–Trinajstić information content (AvgIpc) is 3.06. The molecule has 3 heterocycles. The van der Waals surface area contributed by atoms with Gasteiger partial charge in [-0.25, -0.2) is 9.97 Å². The highest BCUT2D eigenvalue weighted by Crippen LogP contribution is 2.30. The van der Waals surface area contributed by atoms with Gasteiger partial charge >= 0.3 is 0 Å². The van der Waals surface area contributed by atoms with Crippen molar-refractivity contribution in [2.45, 2.75) is 7.43 Å². The Morgan fingerprint density at radius 2 is 1.83 bits per heavy atom. The first kappa shape index (κ1) is 18.5. The van der Waals surface area contributed by atoms with Crippen molar-refractivity contribution in [2.75, 3.05) is 23.8 Å². The molecule has 4 aromatic rings. The molecule has 29 heavy (non-hydrogen) atoms. The van der Waals surface area contributed by atoms with Crippen LogP contribution in [-0.2, 0) is 0 Å². The van der Waals surface area contributed by atoms with Gasteiger partial charge in [-0.15, -0.1) is 0 Å². The van der Waals surface area contributed by atoms with E-state index < -0.39 is 0 Å². The first-order chi connectivity index (χ1) is 13.7. The van der Waals surface area contributed by atoms with Crippen LogP contribution in [0.25, 0.3) is 16.6 Å². The van der Waals surface area contributed by atoms with E-state index in [0.717, 1.165) is 22.3 Å². The standard InChI is InChI=1S/C21H17N5O2.CH4/c22-19-18-20(24-13-23-19)28-11-10-26(21(18)27)16-6-7-17-14(12-16)8-9-25(17)15-4-2-1-3-5-15;/h1-9,12-13H,10-11H2,(H2,22,23,24);1H4. The van der Waals surface area contributed by atoms with Gasteiger partial charge in [0.15, 0.2) is 0 Å². The van der Waals surface area contributed by atoms with Gasteiger partial charge in [0.2, 0.25) is 5.88 Å². The Labute approximate surface area is 168 Å². The molecular formula is C22H21N5O2. The molecule has 0 saturated heterocycles. The molecule has 7 heteroatoms. The van der Waals surface area contributed by atoms with E-state index in [-0.39, 0.29) is 30.6 Å². The minimum Gasteiger partial charge on any atom is -0.475 e. The average molecular weight is 387 g/mol. The zero-order valence-corrected chi connectivity index (χ0v) is 14.9. The molecule has 0 unspecified atom stereocenters. The van der Waals surface area contributed by atoms with Crippen molar-refractivity contribution in [3.63, 3.8) is 0 Å². The zero-order chi connectivity index (χ0) is 19.1. The highest BCUT2D eigenvalue weighted by Gasteiger charge is 2.28. The molecule has 0 bridgehead atoms. The summed E-state index contributed by atoms with van der Waals surface area (Å²) in [5, 5.41) is 1.04. The van der Waals surface area contributed by atoms with E-state index in [1.165, 1.54) is 6.33 Å². The van der Waals surface area contributed by atoms with Gasteiger partial charge in [0, 0.05) is 23.0 Å². The fourth-order valence-electron chi connectivity index (χ4n) is 3.52. The van der Waals surface area contributed by atoms with E-state index >= 15 is 0 Å². The molecule has 0 saturated carbocycles. The van der Waals surface area contributed by atoms with Crippen molar-refractivity contribution in [3.8, 4) is 11.6 Å². The number of amides is 1. The Kier molecular flexibility index (Phi) is 4.64. The number of aromatic nitrogens is 3. The van der Waals surface area contributed by atoms with E-state index in [0.29, 0.717) is 13.2 Å². The number of nitrogens with two attached hydrogens (primary N) is 1. The summed E-state index contributed by atoms with van der Waals surface area (Å²) in [7, 11) is 0. The van der Waals surface area contributed by atoms with Crippen molar-refractivity contribution in [1.82, 2.24) is 14.5 Å². The number of carbonyl (C=O) groups is 1. The topological polar surface area (TPSA) is 86.3 Å². The lowest BCUT2D eigenvalue weighted by molar-refractivity contribution is 0.0990. The van der Waals surface area contributed by atoms with Gasteiger partial charge in [-0.3, -0.25) is 4.79 Å². The Bertz CT molecular complexity index is 1190. The molecule has 1 aliphatic heterocycles. The lowest BCUT2D eigenvalue weighted by Crippen LogP contribution is -2.32. The van der Waals surface area contributed by atoms with Gasteiger partial charge in [0.05, 0.1) is 12.1 Å². The lowest BCUT2D eigenvalue weighted by atomic mass is 10.2. The summed E-state index contributed by atoms with van der Waals surface area (Å²) in [5.41, 5.74) is 9.06. The molecule has 2 aromatic carbocycles. The number of ether oxygens (including phenoxy) is 1. The van der Waals surface area contributed by atoms with Crippen molar-refractivity contribution >= 4 is 28.3 Å². The molecule has 0 aliphatic carbocycles. The van der Waals surface area contributed by atoms with Crippen molar-refractivity contribution in [3.05, 3.63) is 72.7 Å². The van der Waals surface area contributed by atoms with Crippen LogP contribution in [0.3, 0.4) is 0 Å². The number of carbonyl (C=O) groups excluding carboxylic acids is 1. The molecule has 2 aromatic heterocycles. The maximum Gasteiger partial charge on any atom is 0.267 e. The first-order valence-electron chi connectivity index (χ1n) is 8.94. The maximum atomic E-state index is 13.1. The minimum absolute atomic E-state index is 0. The second-order valence-corrected chi connectivity index (χ2v) is 6.51. The van der Waals surface area contributed by atoms with Crippen LogP contribution < -0.4 is 15.4 Å². The number of para-hydroxylation sites is 1. The van der Waals surface area contributed by atoms with Crippen molar-refractivity contribution in [2.24, 2.45) is 0 Å². The molecule has 0 spiro atoms. The van der Waals surface area contributed by atoms with Crippen molar-refractivity contribution < 1.29 is 9.53 Å². The largest absolute Gasteiger partial charge is 0.475 e. The number of fused-ring (bicyclic) bond motifs is 2. The third-order valence-corrected chi connectivity index (χ3v) is 4.87. The fraction of sp³-hybridized carbons (Fsp3) is 0.136. The van der Waals surface area contributed by atoms with Crippen LogP contribution in [0.4, 0.5) is 11.5 Å². The van der Waals surface area contributed by atoms with Gasteiger partial charge < -0.3 is 19.9 Å². The van der Waals surface area contributed by atoms with E-state index in [1.807, 2.05) is 48.7 Å². The SMILES string of the molecule is C.Nc1ncnc2c1C(=O)N(c1ccc3c(ccn3-c3ccccc3)c1)CCO2. The quantitative estimate of drug-likeness (QED) is 0.567. The van der Waals surface area contributed by atoms with Gasteiger partial charge in [0.25, 0.3) is 5.91 Å². The summed E-state index contributed by atoms with van der Waals surface area (Å²) in [6, 6.07) is 18.1. The van der Waals surface area contributed by atoms with Gasteiger partial charge in [-0.1, -0.05) is 25.6 Å². The normalized spacial score (nSPS) is 13.4. The molecular weight excluding hydrogens is 366 g/mol. The van der Waals surface area contributed by atoms with E-state index in [2.05, 4.69) is 26.7 Å². The summed E-state index contributed by atoms with van der Waals surface area (Å²) in [5.74, 6) is 0.0990. The van der Waals surface area contributed by atoms with E-state index in [1.54, 1.807) is 4.90 Å². The molecule has 7 nitrogen and oxygen atoms in total. The second kappa shape index (κ2) is 7.27. The van der Waals surface area contributed by atoms with Crippen LogP contribution >= 0.6 is 0 Å². The Balaban J connectivity index is 0.00000205. The Hall–Kier alpha value is -3.87. The zero-order valence-electron chi connectivity index (χ0n) is 14.9. The number of hydrogen-bond acceptors (Lipinski definition) is 5. The first-order valence-corrected chi connectivity index (χ1v) is 8.94. The highest BCUT2D eigenvalue weighted by atomic mass is 16.5. The Morgan fingerprint density at radius 1 is 1.00 bits per heavy atom. The number of hydrogen-bond donors (Lipinski definition) is 1. The number of rotatable bonds is 2. The van der Waals surface area contributed by atoms with Gasteiger partial charge in [-0.05, 0) is 36.4 Å². The molecule has 0 radical (unpaired) electrons. The number of benzene rings is 2. The van der Waals surface area contributed by atoms with E-state index in [9.17, 15) is 4.79 Å². The van der Waals surface area contributed by atoms with Gasteiger partial charge in [-0.2, -0.15) is 0 Å². The summed E-state index contributed by atoms with van der Waals surface area (Å²) in [4.78, 5) is 22.7. The summed E-state index contributed by atoms with van der Waals surface area (Å²) in [6.45, 7) is 0.734. The third-order valence-electron chi connectivity index (χ3n) is 4.87. The summed E-state index contributed by atoms with van der Waals surface area (Å²) >= 11 is 0. The molecule has 0 fully saturated rings. The fourth-order valence-corrected chi connectivity index (χ4v) is 3.52. The smallest absolute Gasteiger partial charge is 0.267 e. The summed E-state index contributed by atoms with van der Waals surface area (Å²) < 4.78 is 7.72. The lowest BCUT2D eigenvalue weighted by Gasteiger charge is -2.20. The number of nitrogens with zero attached hydrogens (tertiary/aromatic N) is 4. The maximum absolute atomic E-state index is 13.1. The molecule has 1 amide bonds. The third kappa shape index (κ3) is 3.06. The second-order valence-electron chi connectivity index (χ2n) is 6.51. The highest BCUT2D eigenvalue weighted by molar-refractivity contribution is 6.11. The van der Waals surface area contributed by atoms with E-state index in [4.69, 9.17) is 10.5 Å². The van der Waals surface area contributed by atoms with Gasteiger partial charge in [0.1, 0.15) is 24.3 Å². The Morgan fingerprint density at radius 3 is 2.66 bits per heavy atom.